The lowest BCUT2D eigenvalue weighted by molar-refractivity contribution is 0.102. The molecule has 0 atom stereocenters. The molecule has 7 nitrogen and oxygen atoms in total. The van der Waals surface area contributed by atoms with E-state index in [2.05, 4.69) is 30.9 Å². The van der Waals surface area contributed by atoms with Crippen LogP contribution in [-0.2, 0) is 0 Å². The van der Waals surface area contributed by atoms with Gasteiger partial charge in [0.25, 0.3) is 11.9 Å². The first kappa shape index (κ1) is 13.5. The molecule has 3 heterocycles. The normalized spacial score (nSPS) is 10.8. The van der Waals surface area contributed by atoms with Crippen molar-refractivity contribution in [2.75, 3.05) is 5.32 Å². The average Bonchev–Trinajstić information content (AvgIpc) is 3.27. The van der Waals surface area contributed by atoms with Crippen molar-refractivity contribution in [3.05, 3.63) is 53.4 Å². The van der Waals surface area contributed by atoms with Crippen molar-refractivity contribution in [3.8, 4) is 10.6 Å². The minimum absolute atomic E-state index is 0.133. The topological polar surface area (TPSA) is 96.5 Å². The molecule has 1 aromatic carbocycles. The first-order valence-electron chi connectivity index (χ1n) is 6.80. The van der Waals surface area contributed by atoms with Crippen LogP contribution < -0.4 is 5.32 Å². The molecule has 1 amide bonds. The van der Waals surface area contributed by atoms with Crippen LogP contribution >= 0.6 is 11.3 Å². The van der Waals surface area contributed by atoms with Gasteiger partial charge in [-0.15, -0.1) is 16.4 Å². The molecular weight excluding hydrogens is 312 g/mol. The highest BCUT2D eigenvalue weighted by molar-refractivity contribution is 7.13. The van der Waals surface area contributed by atoms with Gasteiger partial charge in [0.1, 0.15) is 0 Å². The molecule has 0 saturated carbocycles. The van der Waals surface area contributed by atoms with Crippen molar-refractivity contribution in [2.24, 2.45) is 0 Å². The number of hydrogen-bond donors (Lipinski definition) is 2. The first-order chi connectivity index (χ1) is 11.3. The number of H-pyrrole nitrogens is 1. The smallest absolute Gasteiger partial charge is 0.270 e. The van der Waals surface area contributed by atoms with Gasteiger partial charge in [-0.25, -0.2) is 4.98 Å². The number of nitrogens with zero attached hydrogens (tertiary/aromatic N) is 4. The molecule has 3 aromatic heterocycles. The number of aromatic nitrogens is 5. The van der Waals surface area contributed by atoms with Gasteiger partial charge < -0.3 is 0 Å². The van der Waals surface area contributed by atoms with E-state index in [0.29, 0.717) is 5.56 Å². The zero-order valence-electron chi connectivity index (χ0n) is 11.7. The van der Waals surface area contributed by atoms with Crippen LogP contribution in [0, 0.1) is 0 Å². The number of hydrogen-bond acceptors (Lipinski definition) is 6. The SMILES string of the molecule is O=C(Nc1nn[nH]n1)c1cc(-c2cccs2)nc2ccccc12. The van der Waals surface area contributed by atoms with Crippen molar-refractivity contribution < 1.29 is 4.79 Å². The monoisotopic (exact) mass is 322 g/mol. The Kier molecular flexibility index (Phi) is 3.28. The highest BCUT2D eigenvalue weighted by Crippen LogP contribution is 2.28. The number of aromatic amines is 1. The van der Waals surface area contributed by atoms with Gasteiger partial charge in [-0.1, -0.05) is 29.4 Å². The first-order valence-corrected chi connectivity index (χ1v) is 7.68. The van der Waals surface area contributed by atoms with Crippen molar-refractivity contribution >= 4 is 34.1 Å². The lowest BCUT2D eigenvalue weighted by atomic mass is 10.1. The van der Waals surface area contributed by atoms with E-state index in [-0.39, 0.29) is 11.9 Å². The molecule has 4 rings (SSSR count). The third-order valence-electron chi connectivity index (χ3n) is 3.31. The Bertz CT molecular complexity index is 965. The summed E-state index contributed by atoms with van der Waals surface area (Å²) in [6.07, 6.45) is 0. The number of para-hydroxylation sites is 1. The number of benzene rings is 1. The summed E-state index contributed by atoms with van der Waals surface area (Å²) in [5, 5.41) is 18.6. The molecule has 112 valence electrons. The van der Waals surface area contributed by atoms with Gasteiger partial charge in [-0.05, 0) is 28.8 Å². The van der Waals surface area contributed by atoms with Gasteiger partial charge in [-0.2, -0.15) is 5.21 Å². The van der Waals surface area contributed by atoms with E-state index in [1.165, 1.54) is 0 Å². The molecule has 23 heavy (non-hydrogen) atoms. The van der Waals surface area contributed by atoms with Crippen molar-refractivity contribution in [1.29, 1.82) is 0 Å². The molecule has 0 unspecified atom stereocenters. The third kappa shape index (κ3) is 2.55. The highest BCUT2D eigenvalue weighted by Gasteiger charge is 2.15. The maximum atomic E-state index is 12.6. The number of fused-ring (bicyclic) bond motifs is 1. The van der Waals surface area contributed by atoms with E-state index in [1.54, 1.807) is 17.4 Å². The molecule has 0 fully saturated rings. The summed E-state index contributed by atoms with van der Waals surface area (Å²) in [7, 11) is 0. The third-order valence-corrected chi connectivity index (χ3v) is 4.20. The number of tetrazole rings is 1. The highest BCUT2D eigenvalue weighted by atomic mass is 32.1. The fourth-order valence-electron chi connectivity index (χ4n) is 2.30. The second kappa shape index (κ2) is 5.58. The van der Waals surface area contributed by atoms with Crippen molar-refractivity contribution in [2.45, 2.75) is 0 Å². The number of nitrogens with one attached hydrogen (secondary N) is 2. The second-order valence-corrected chi connectivity index (χ2v) is 5.69. The number of carbonyl (C=O) groups excluding carboxylic acids is 1. The summed E-state index contributed by atoms with van der Waals surface area (Å²) in [6.45, 7) is 0. The Morgan fingerprint density at radius 2 is 2.09 bits per heavy atom. The van der Waals surface area contributed by atoms with E-state index in [1.807, 2.05) is 41.8 Å². The van der Waals surface area contributed by atoms with Crippen LogP contribution in [0.25, 0.3) is 21.5 Å². The maximum absolute atomic E-state index is 12.6. The number of pyridine rings is 1. The minimum atomic E-state index is -0.303. The van der Waals surface area contributed by atoms with Gasteiger partial charge in [0.2, 0.25) is 0 Å². The van der Waals surface area contributed by atoms with E-state index in [9.17, 15) is 4.79 Å². The summed E-state index contributed by atoms with van der Waals surface area (Å²) in [5.41, 5.74) is 2.04. The predicted octanol–water partition coefficient (Wildman–Crippen LogP) is 2.73. The molecule has 0 saturated heterocycles. The van der Waals surface area contributed by atoms with Gasteiger partial charge in [0.05, 0.1) is 21.7 Å². The van der Waals surface area contributed by atoms with E-state index in [4.69, 9.17) is 0 Å². The molecule has 0 bridgehead atoms. The number of thiophene rings is 1. The number of anilines is 1. The zero-order valence-corrected chi connectivity index (χ0v) is 12.5. The Hall–Kier alpha value is -3.13. The fourth-order valence-corrected chi connectivity index (χ4v) is 2.98. The van der Waals surface area contributed by atoms with Crippen LogP contribution in [0.3, 0.4) is 0 Å². The van der Waals surface area contributed by atoms with Crippen molar-refractivity contribution in [1.82, 2.24) is 25.6 Å². The van der Waals surface area contributed by atoms with Gasteiger partial charge in [-0.3, -0.25) is 10.1 Å². The molecule has 2 N–H and O–H groups in total. The Balaban J connectivity index is 1.85. The molecule has 0 aliphatic heterocycles. The molecule has 0 aliphatic carbocycles. The van der Waals surface area contributed by atoms with Crippen LogP contribution in [0.1, 0.15) is 10.4 Å². The molecule has 8 heteroatoms. The van der Waals surface area contributed by atoms with Crippen LogP contribution in [0.4, 0.5) is 5.95 Å². The van der Waals surface area contributed by atoms with Gasteiger partial charge in [0, 0.05) is 5.39 Å². The van der Waals surface area contributed by atoms with Crippen LogP contribution in [0.5, 0.6) is 0 Å². The Labute approximate surface area is 134 Å². The Morgan fingerprint density at radius 1 is 1.17 bits per heavy atom. The number of amides is 1. The average molecular weight is 322 g/mol. The Morgan fingerprint density at radius 3 is 2.87 bits per heavy atom. The van der Waals surface area contributed by atoms with E-state index < -0.39 is 0 Å². The fraction of sp³-hybridized carbons (Fsp3) is 0. The lowest BCUT2D eigenvalue weighted by Crippen LogP contribution is -2.14. The van der Waals surface area contributed by atoms with E-state index in [0.717, 1.165) is 21.5 Å². The quantitative estimate of drug-likeness (QED) is 0.604. The largest absolute Gasteiger partial charge is 0.288 e. The summed E-state index contributed by atoms with van der Waals surface area (Å²) in [6, 6.07) is 13.2. The molecule has 4 aromatic rings. The summed E-state index contributed by atoms with van der Waals surface area (Å²) < 4.78 is 0. The number of carbonyl (C=O) groups is 1. The second-order valence-electron chi connectivity index (χ2n) is 4.74. The predicted molar refractivity (Wildman–Crippen MR) is 87.2 cm³/mol. The van der Waals surface area contributed by atoms with Crippen LogP contribution in [0.15, 0.2) is 47.8 Å². The maximum Gasteiger partial charge on any atom is 0.270 e. The molecule has 0 spiro atoms. The summed E-state index contributed by atoms with van der Waals surface area (Å²) in [5.74, 6) is -0.170. The molecule has 0 radical (unpaired) electrons. The molecule has 0 aliphatic rings. The van der Waals surface area contributed by atoms with E-state index >= 15 is 0 Å². The minimum Gasteiger partial charge on any atom is -0.288 e. The summed E-state index contributed by atoms with van der Waals surface area (Å²) in [4.78, 5) is 18.2. The van der Waals surface area contributed by atoms with Crippen LogP contribution in [-0.4, -0.2) is 31.5 Å². The molecular formula is C15H10N6OS. The zero-order chi connectivity index (χ0) is 15.6. The van der Waals surface area contributed by atoms with Crippen LogP contribution in [0.2, 0.25) is 0 Å². The summed E-state index contributed by atoms with van der Waals surface area (Å²) >= 11 is 1.58. The van der Waals surface area contributed by atoms with Gasteiger partial charge in [0.15, 0.2) is 0 Å². The van der Waals surface area contributed by atoms with Crippen molar-refractivity contribution in [3.63, 3.8) is 0 Å². The van der Waals surface area contributed by atoms with Gasteiger partial charge >= 0.3 is 0 Å². The number of rotatable bonds is 3. The lowest BCUT2D eigenvalue weighted by Gasteiger charge is -2.08. The standard InChI is InChI=1S/C15H10N6OS/c22-14(17-15-18-20-21-19-15)10-8-12(13-6-3-7-23-13)16-11-5-2-1-4-9(10)11/h1-8H,(H2,17,18,19,20,21,22).